The molecule has 3 aromatic rings. The second-order valence-electron chi connectivity index (χ2n) is 11.1. The highest BCUT2D eigenvalue weighted by molar-refractivity contribution is 5.97. The van der Waals surface area contributed by atoms with Crippen molar-refractivity contribution < 1.29 is 24.9 Å². The lowest BCUT2D eigenvalue weighted by molar-refractivity contribution is -0.137. The quantitative estimate of drug-likeness (QED) is 0.189. The second-order valence-corrected chi connectivity index (χ2v) is 11.1. The molecule has 0 radical (unpaired) electrons. The van der Waals surface area contributed by atoms with Gasteiger partial charge in [-0.3, -0.25) is 9.59 Å². The van der Waals surface area contributed by atoms with E-state index in [9.17, 15) is 24.9 Å². The van der Waals surface area contributed by atoms with Crippen molar-refractivity contribution in [1.29, 1.82) is 0 Å². The van der Waals surface area contributed by atoms with Crippen LogP contribution in [0.4, 0.5) is 0 Å². The van der Waals surface area contributed by atoms with Crippen LogP contribution in [-0.2, 0) is 22.4 Å². The standard InChI is InChI=1S/C34H36N4O5/c1-7-20-26-13-16(3)24(35-26)15-25-18(5)22(9-11-28(39)40)32(36-25)34(43)33-23(10-12-29(41)42)19(6)31(38-33)21(8-2)27-14-17(4)30(20)37-27/h7,13-15,35,38,43H,1,8-12H2,2-6H3,(H,39,40)(H,41,42). The third kappa shape index (κ3) is 5.27. The number of aromatic amines is 2. The average molecular weight is 581 g/mol. The fourth-order valence-corrected chi connectivity index (χ4v) is 6.05. The number of aromatic nitrogens is 4. The first kappa shape index (κ1) is 29.6. The van der Waals surface area contributed by atoms with E-state index in [1.54, 1.807) is 6.08 Å². The van der Waals surface area contributed by atoms with Crippen molar-refractivity contribution >= 4 is 62.9 Å². The van der Waals surface area contributed by atoms with Crippen LogP contribution in [0.3, 0.4) is 0 Å². The molecule has 0 spiro atoms. The van der Waals surface area contributed by atoms with Gasteiger partial charge in [0, 0.05) is 40.5 Å². The van der Waals surface area contributed by atoms with Crippen molar-refractivity contribution in [3.63, 3.8) is 0 Å². The molecule has 2 aliphatic heterocycles. The Bertz CT molecular complexity index is 1940. The Morgan fingerprint density at radius 1 is 0.907 bits per heavy atom. The molecule has 43 heavy (non-hydrogen) atoms. The van der Waals surface area contributed by atoms with Crippen LogP contribution in [0.2, 0.25) is 0 Å². The molecule has 0 saturated carbocycles. The van der Waals surface area contributed by atoms with E-state index in [-0.39, 0.29) is 37.1 Å². The van der Waals surface area contributed by atoms with E-state index in [1.807, 2.05) is 52.8 Å². The minimum Gasteiger partial charge on any atom is -0.504 e. The van der Waals surface area contributed by atoms with Gasteiger partial charge in [-0.15, -0.1) is 0 Å². The summed E-state index contributed by atoms with van der Waals surface area (Å²) < 4.78 is 0. The number of aliphatic carboxylic acids is 2. The van der Waals surface area contributed by atoms with Crippen LogP contribution in [-0.4, -0.2) is 47.2 Å². The Hall–Kier alpha value is -4.92. The van der Waals surface area contributed by atoms with E-state index in [0.717, 1.165) is 61.3 Å². The van der Waals surface area contributed by atoms with Crippen molar-refractivity contribution in [2.24, 2.45) is 0 Å². The molecule has 5 heterocycles. The number of carboxylic acids is 2. The zero-order valence-corrected chi connectivity index (χ0v) is 25.1. The number of carbonyl (C=O) groups is 2. The van der Waals surface area contributed by atoms with E-state index in [1.165, 1.54) is 0 Å². The van der Waals surface area contributed by atoms with Crippen molar-refractivity contribution in [2.75, 3.05) is 0 Å². The summed E-state index contributed by atoms with van der Waals surface area (Å²) in [6.45, 7) is 13.9. The van der Waals surface area contributed by atoms with Crippen molar-refractivity contribution in [2.45, 2.75) is 66.7 Å². The van der Waals surface area contributed by atoms with Crippen LogP contribution < -0.4 is 0 Å². The average Bonchev–Trinajstić information content (AvgIpc) is 3.68. The highest BCUT2D eigenvalue weighted by atomic mass is 16.4. The van der Waals surface area contributed by atoms with Gasteiger partial charge in [0.05, 0.1) is 22.6 Å². The Balaban J connectivity index is 2.02. The van der Waals surface area contributed by atoms with E-state index < -0.39 is 11.9 Å². The number of carboxylic acid groups (broad SMARTS) is 2. The molecule has 9 heteroatoms. The van der Waals surface area contributed by atoms with Gasteiger partial charge < -0.3 is 25.3 Å². The maximum Gasteiger partial charge on any atom is 0.303 e. The van der Waals surface area contributed by atoms with E-state index >= 15 is 0 Å². The molecule has 0 atom stereocenters. The lowest BCUT2D eigenvalue weighted by Crippen LogP contribution is -1.98. The number of nitrogens with zero attached hydrogens (tertiary/aromatic N) is 2. The van der Waals surface area contributed by atoms with Crippen LogP contribution in [0, 0.1) is 13.8 Å². The smallest absolute Gasteiger partial charge is 0.303 e. The zero-order valence-electron chi connectivity index (χ0n) is 25.1. The van der Waals surface area contributed by atoms with E-state index in [2.05, 4.69) is 16.5 Å². The number of aryl methyl sites for hydroxylation is 4. The van der Waals surface area contributed by atoms with Gasteiger partial charge in [-0.1, -0.05) is 19.6 Å². The minimum absolute atomic E-state index is 0.123. The predicted molar refractivity (Wildman–Crippen MR) is 170 cm³/mol. The van der Waals surface area contributed by atoms with Crippen LogP contribution in [0.25, 0.3) is 50.9 Å². The third-order valence-electron chi connectivity index (χ3n) is 8.38. The van der Waals surface area contributed by atoms with Crippen LogP contribution in [0.15, 0.2) is 18.7 Å². The first-order valence-corrected chi connectivity index (χ1v) is 14.4. The topological polar surface area (TPSA) is 152 Å². The highest BCUT2D eigenvalue weighted by Crippen LogP contribution is 2.41. The molecule has 5 rings (SSSR count). The maximum absolute atomic E-state index is 11.9. The first-order chi connectivity index (χ1) is 20.4. The summed E-state index contributed by atoms with van der Waals surface area (Å²) in [5.74, 6) is -2.04. The van der Waals surface area contributed by atoms with Crippen LogP contribution in [0.5, 0.6) is 5.75 Å². The molecule has 0 unspecified atom stereocenters. The molecular formula is C34H36N4O5. The number of rotatable bonds is 8. The number of fused-ring (bicyclic) bond motifs is 8. The normalized spacial score (nSPS) is 12.9. The number of nitrogens with one attached hydrogen (secondary N) is 2. The Morgan fingerprint density at radius 2 is 1.60 bits per heavy atom. The summed E-state index contributed by atoms with van der Waals surface area (Å²) in [5, 5.41) is 30.8. The van der Waals surface area contributed by atoms with Gasteiger partial charge in [0.25, 0.3) is 0 Å². The molecule has 0 fully saturated rings. The predicted octanol–water partition coefficient (Wildman–Crippen LogP) is 7.22. The molecule has 0 saturated heterocycles. The number of H-pyrrole nitrogens is 2. The molecule has 2 aliphatic rings. The molecule has 5 N–H and O–H groups in total. The fourth-order valence-electron chi connectivity index (χ4n) is 6.05. The van der Waals surface area contributed by atoms with E-state index in [0.29, 0.717) is 28.8 Å². The molecule has 0 aromatic carbocycles. The zero-order chi connectivity index (χ0) is 31.2. The Morgan fingerprint density at radius 3 is 2.26 bits per heavy atom. The van der Waals surface area contributed by atoms with Gasteiger partial charge in [0.1, 0.15) is 5.69 Å². The molecule has 9 nitrogen and oxygen atoms in total. The lowest BCUT2D eigenvalue weighted by Gasteiger charge is -2.06. The second kappa shape index (κ2) is 11.4. The molecule has 3 aromatic heterocycles. The van der Waals surface area contributed by atoms with Crippen LogP contribution in [0.1, 0.15) is 90.6 Å². The van der Waals surface area contributed by atoms with Gasteiger partial charge in [-0.05, 0) is 98.6 Å². The molecule has 0 aliphatic carbocycles. The van der Waals surface area contributed by atoms with Gasteiger partial charge >= 0.3 is 11.9 Å². The molecule has 222 valence electrons. The fraction of sp³-hybridized carbons (Fsp3) is 0.294. The largest absolute Gasteiger partial charge is 0.504 e. The first-order valence-electron chi connectivity index (χ1n) is 14.4. The Labute approximate surface area is 249 Å². The monoisotopic (exact) mass is 580 g/mol. The maximum atomic E-state index is 11.9. The highest BCUT2D eigenvalue weighted by Gasteiger charge is 2.25. The van der Waals surface area contributed by atoms with Crippen molar-refractivity contribution in [1.82, 2.24) is 19.9 Å². The Kier molecular flexibility index (Phi) is 7.84. The number of hydrogen-bond donors (Lipinski definition) is 5. The third-order valence-corrected chi connectivity index (χ3v) is 8.38. The number of hydrogen-bond acceptors (Lipinski definition) is 5. The van der Waals surface area contributed by atoms with Gasteiger partial charge in [-0.2, -0.15) is 0 Å². The van der Waals surface area contributed by atoms with Gasteiger partial charge in [0.2, 0.25) is 0 Å². The summed E-state index contributed by atoms with van der Waals surface area (Å²) in [5.41, 5.74) is 12.0. The van der Waals surface area contributed by atoms with Gasteiger partial charge in [-0.25, -0.2) is 9.97 Å². The summed E-state index contributed by atoms with van der Waals surface area (Å²) in [6.07, 6.45) is 4.57. The lowest BCUT2D eigenvalue weighted by atomic mass is 9.99. The molecular weight excluding hydrogens is 544 g/mol. The summed E-state index contributed by atoms with van der Waals surface area (Å²) >= 11 is 0. The van der Waals surface area contributed by atoms with Gasteiger partial charge in [0.15, 0.2) is 5.75 Å². The molecule has 8 bridgehead atoms. The number of aromatic hydroxyl groups is 1. The van der Waals surface area contributed by atoms with E-state index in [4.69, 9.17) is 9.97 Å². The van der Waals surface area contributed by atoms with Crippen molar-refractivity contribution in [3.05, 3.63) is 69.3 Å². The SMILES string of the molecule is C=Cc1c2nc(c(CC)c3[nH]c(c(O)c4nc(cc5[nH]c1cc5C)C(C)=C4CCC(=O)O)c(CCC(=O)O)c3C)C=C2C. The number of allylic oxidation sites excluding steroid dienone is 3. The summed E-state index contributed by atoms with van der Waals surface area (Å²) in [6, 6.07) is 3.95. The summed E-state index contributed by atoms with van der Waals surface area (Å²) in [4.78, 5) is 40.0. The van der Waals surface area contributed by atoms with Crippen molar-refractivity contribution in [3.8, 4) is 5.75 Å². The van der Waals surface area contributed by atoms with Crippen LogP contribution >= 0.6 is 0 Å². The molecule has 0 amide bonds. The minimum atomic E-state index is -0.952. The summed E-state index contributed by atoms with van der Waals surface area (Å²) in [7, 11) is 0.